The van der Waals surface area contributed by atoms with Crippen molar-refractivity contribution in [3.8, 4) is 17.2 Å². The number of amides is 3. The van der Waals surface area contributed by atoms with Crippen molar-refractivity contribution in [1.29, 1.82) is 0 Å². The average Bonchev–Trinajstić information content (AvgIpc) is 2.82. The Balaban J connectivity index is 1.71. The third kappa shape index (κ3) is 5.33. The molecule has 0 saturated carbocycles. The monoisotopic (exact) mass is 459 g/mol. The number of piperazine rings is 1. The summed E-state index contributed by atoms with van der Waals surface area (Å²) in [5.41, 5.74) is 6.18. The van der Waals surface area contributed by atoms with Gasteiger partial charge in [0.25, 0.3) is 17.7 Å². The number of rotatable bonds is 7. The van der Waals surface area contributed by atoms with Crippen LogP contribution in [0.3, 0.4) is 0 Å². The first-order valence-electron chi connectivity index (χ1n) is 10.3. The van der Waals surface area contributed by atoms with E-state index in [1.165, 1.54) is 32.4 Å². The second-order valence-corrected chi connectivity index (χ2v) is 7.51. The number of hydrogen-bond acceptors (Lipinski definition) is 6. The molecule has 33 heavy (non-hydrogen) atoms. The van der Waals surface area contributed by atoms with Crippen LogP contribution < -0.4 is 19.9 Å². The molecule has 0 aliphatic carbocycles. The van der Waals surface area contributed by atoms with Crippen LogP contribution in [0.1, 0.15) is 26.3 Å². The number of ether oxygens (including phenoxy) is 3. The number of carbonyl (C=O) groups excluding carboxylic acids is 3. The number of hydrogen-bond donors (Lipinski definition) is 1. The number of nitrogens with zero attached hydrogens (tertiary/aromatic N) is 2. The van der Waals surface area contributed by atoms with E-state index < -0.39 is 11.7 Å². The summed E-state index contributed by atoms with van der Waals surface area (Å²) < 4.78 is 29.8. The van der Waals surface area contributed by atoms with Crippen molar-refractivity contribution in [2.75, 3.05) is 47.0 Å². The fourth-order valence-corrected chi connectivity index (χ4v) is 3.49. The minimum absolute atomic E-state index is 0.163. The lowest BCUT2D eigenvalue weighted by atomic mass is 10.1. The molecular weight excluding hydrogens is 433 g/mol. The second-order valence-electron chi connectivity index (χ2n) is 7.51. The van der Waals surface area contributed by atoms with Gasteiger partial charge in [-0.05, 0) is 36.8 Å². The molecule has 2 N–H and O–H groups in total. The van der Waals surface area contributed by atoms with Crippen LogP contribution in [0, 0.1) is 12.7 Å². The minimum Gasteiger partial charge on any atom is -0.493 e. The Morgan fingerprint density at radius 3 is 1.88 bits per heavy atom. The van der Waals surface area contributed by atoms with Gasteiger partial charge in [-0.3, -0.25) is 14.4 Å². The highest BCUT2D eigenvalue weighted by atomic mass is 19.1. The van der Waals surface area contributed by atoms with E-state index in [-0.39, 0.29) is 41.2 Å². The van der Waals surface area contributed by atoms with Crippen LogP contribution >= 0.6 is 0 Å². The zero-order valence-corrected chi connectivity index (χ0v) is 18.7. The highest BCUT2D eigenvalue weighted by Crippen LogP contribution is 2.39. The summed E-state index contributed by atoms with van der Waals surface area (Å²) in [6.45, 7) is 2.50. The van der Waals surface area contributed by atoms with Gasteiger partial charge in [0, 0.05) is 37.3 Å². The number of nitrogens with two attached hydrogens (primary N) is 1. The standard InChI is InChI=1S/C23H26FN3O6/c1-14-4-5-15(10-17(14)24)22(29)26-6-8-27(9-7-26)23(30)16-11-18(31-2)21(19(12-16)32-3)33-13-20(25)28/h4-5,10-12H,6-9,13H2,1-3H3,(H2,25,28). The van der Waals surface area contributed by atoms with Gasteiger partial charge < -0.3 is 29.7 Å². The lowest BCUT2D eigenvalue weighted by molar-refractivity contribution is -0.120. The fraction of sp³-hybridized carbons (Fsp3) is 0.348. The third-order valence-corrected chi connectivity index (χ3v) is 5.34. The van der Waals surface area contributed by atoms with Gasteiger partial charge in [0.2, 0.25) is 5.75 Å². The van der Waals surface area contributed by atoms with E-state index in [0.717, 1.165) is 0 Å². The molecule has 0 bridgehead atoms. The number of primary amides is 1. The van der Waals surface area contributed by atoms with E-state index in [2.05, 4.69) is 0 Å². The zero-order valence-electron chi connectivity index (χ0n) is 18.7. The molecule has 9 nitrogen and oxygen atoms in total. The van der Waals surface area contributed by atoms with Crippen LogP contribution in [0.5, 0.6) is 17.2 Å². The number of carbonyl (C=O) groups is 3. The normalized spacial score (nSPS) is 13.5. The van der Waals surface area contributed by atoms with Crippen molar-refractivity contribution < 1.29 is 33.0 Å². The van der Waals surface area contributed by atoms with E-state index in [0.29, 0.717) is 37.3 Å². The Labute approximate surface area is 190 Å². The Morgan fingerprint density at radius 1 is 0.909 bits per heavy atom. The summed E-state index contributed by atoms with van der Waals surface area (Å²) in [6.07, 6.45) is 0. The topological polar surface area (TPSA) is 111 Å². The first-order valence-corrected chi connectivity index (χ1v) is 10.3. The maximum Gasteiger partial charge on any atom is 0.255 e. The predicted molar refractivity (Wildman–Crippen MR) is 117 cm³/mol. The average molecular weight is 459 g/mol. The molecule has 2 aromatic rings. The first-order chi connectivity index (χ1) is 15.7. The van der Waals surface area contributed by atoms with Gasteiger partial charge in [-0.1, -0.05) is 6.07 Å². The molecule has 0 atom stereocenters. The van der Waals surface area contributed by atoms with Gasteiger partial charge in [-0.15, -0.1) is 0 Å². The van der Waals surface area contributed by atoms with Gasteiger partial charge in [-0.25, -0.2) is 4.39 Å². The van der Waals surface area contributed by atoms with E-state index >= 15 is 0 Å². The number of halogens is 1. The number of benzene rings is 2. The second kappa shape index (κ2) is 10.2. The summed E-state index contributed by atoms with van der Waals surface area (Å²) in [7, 11) is 2.80. The molecule has 0 unspecified atom stereocenters. The molecule has 0 radical (unpaired) electrons. The lowest BCUT2D eigenvalue weighted by Gasteiger charge is -2.35. The summed E-state index contributed by atoms with van der Waals surface area (Å²) >= 11 is 0. The highest BCUT2D eigenvalue weighted by molar-refractivity contribution is 5.97. The maximum atomic E-state index is 13.8. The van der Waals surface area contributed by atoms with E-state index in [1.54, 1.807) is 28.9 Å². The molecular formula is C23H26FN3O6. The highest BCUT2D eigenvalue weighted by Gasteiger charge is 2.27. The smallest absolute Gasteiger partial charge is 0.255 e. The van der Waals surface area contributed by atoms with E-state index in [1.807, 2.05) is 0 Å². The number of aryl methyl sites for hydroxylation is 1. The molecule has 10 heteroatoms. The molecule has 2 aromatic carbocycles. The van der Waals surface area contributed by atoms with Crippen molar-refractivity contribution >= 4 is 17.7 Å². The van der Waals surface area contributed by atoms with Gasteiger partial charge in [0.1, 0.15) is 5.82 Å². The van der Waals surface area contributed by atoms with Crippen molar-refractivity contribution in [3.05, 3.63) is 52.8 Å². The minimum atomic E-state index is -0.667. The Hall–Kier alpha value is -3.82. The van der Waals surface area contributed by atoms with Crippen LogP contribution in [0.4, 0.5) is 4.39 Å². The quantitative estimate of drug-likeness (QED) is 0.674. The Morgan fingerprint density at radius 2 is 1.42 bits per heavy atom. The van der Waals surface area contributed by atoms with Crippen LogP contribution in [0.2, 0.25) is 0 Å². The van der Waals surface area contributed by atoms with Crippen LogP contribution in [0.25, 0.3) is 0 Å². The molecule has 1 saturated heterocycles. The van der Waals surface area contributed by atoms with Crippen LogP contribution in [0.15, 0.2) is 30.3 Å². The molecule has 0 spiro atoms. The summed E-state index contributed by atoms with van der Waals surface area (Å²) in [6, 6.07) is 7.38. The van der Waals surface area contributed by atoms with Crippen molar-refractivity contribution in [3.63, 3.8) is 0 Å². The van der Waals surface area contributed by atoms with Gasteiger partial charge >= 0.3 is 0 Å². The molecule has 176 valence electrons. The molecule has 1 aliphatic heterocycles. The molecule has 3 amide bonds. The van der Waals surface area contributed by atoms with Gasteiger partial charge in [0.15, 0.2) is 18.1 Å². The SMILES string of the molecule is COc1cc(C(=O)N2CCN(C(=O)c3ccc(C)c(F)c3)CC2)cc(OC)c1OCC(N)=O. The van der Waals surface area contributed by atoms with Gasteiger partial charge in [0.05, 0.1) is 14.2 Å². The Kier molecular flexibility index (Phi) is 7.37. The fourth-order valence-electron chi connectivity index (χ4n) is 3.49. The first kappa shape index (κ1) is 23.8. The molecule has 1 aliphatic rings. The van der Waals surface area contributed by atoms with Crippen LogP contribution in [-0.2, 0) is 4.79 Å². The molecule has 3 rings (SSSR count). The largest absolute Gasteiger partial charge is 0.493 e. The zero-order chi connectivity index (χ0) is 24.1. The summed E-state index contributed by atoms with van der Waals surface area (Å²) in [5, 5.41) is 0. The lowest BCUT2D eigenvalue weighted by Crippen LogP contribution is -2.50. The summed E-state index contributed by atoms with van der Waals surface area (Å²) in [5.74, 6) is -1.05. The summed E-state index contributed by atoms with van der Waals surface area (Å²) in [4.78, 5) is 40.0. The van der Waals surface area contributed by atoms with E-state index in [4.69, 9.17) is 19.9 Å². The molecule has 0 aromatic heterocycles. The van der Waals surface area contributed by atoms with Crippen LogP contribution in [-0.4, -0.2) is 74.5 Å². The Bertz CT molecular complexity index is 1040. The van der Waals surface area contributed by atoms with Crippen molar-refractivity contribution in [2.24, 2.45) is 5.73 Å². The van der Waals surface area contributed by atoms with Gasteiger partial charge in [-0.2, -0.15) is 0 Å². The van der Waals surface area contributed by atoms with E-state index in [9.17, 15) is 18.8 Å². The predicted octanol–water partition coefficient (Wildman–Crippen LogP) is 1.61. The van der Waals surface area contributed by atoms with Crippen molar-refractivity contribution in [1.82, 2.24) is 9.80 Å². The number of methoxy groups -OCH3 is 2. The maximum absolute atomic E-state index is 13.8. The molecule has 1 heterocycles. The molecule has 1 fully saturated rings. The van der Waals surface area contributed by atoms with Crippen molar-refractivity contribution in [2.45, 2.75) is 6.92 Å². The third-order valence-electron chi connectivity index (χ3n) is 5.34.